The third kappa shape index (κ3) is 4.70. The van der Waals surface area contributed by atoms with Crippen LogP contribution in [0.3, 0.4) is 0 Å². The maximum atomic E-state index is 12.7. The van der Waals surface area contributed by atoms with E-state index in [2.05, 4.69) is 11.5 Å². The number of carbonyl (C=O) groups is 1. The van der Waals surface area contributed by atoms with Gasteiger partial charge in [0.2, 0.25) is 5.91 Å². The maximum absolute atomic E-state index is 12.7. The Balaban J connectivity index is 1.38. The topological polar surface area (TPSA) is 36.0 Å². The van der Waals surface area contributed by atoms with E-state index in [1.54, 1.807) is 17.0 Å². The monoisotopic (exact) mass is 463 g/mol. The Morgan fingerprint density at radius 3 is 2.56 bits per heavy atom. The molecule has 0 bridgehead atoms. The van der Waals surface area contributed by atoms with E-state index in [9.17, 15) is 18.0 Å². The van der Waals surface area contributed by atoms with E-state index < -0.39 is 11.7 Å². The summed E-state index contributed by atoms with van der Waals surface area (Å²) < 4.78 is 43.8. The van der Waals surface area contributed by atoms with Crippen LogP contribution in [0.15, 0.2) is 67.5 Å². The van der Waals surface area contributed by atoms with Crippen LogP contribution in [-0.2, 0) is 11.0 Å². The molecule has 1 amide bonds. The molecule has 32 heavy (non-hydrogen) atoms. The van der Waals surface area contributed by atoms with Crippen molar-refractivity contribution in [2.75, 3.05) is 24.7 Å². The summed E-state index contributed by atoms with van der Waals surface area (Å²) in [6, 6.07) is 9.95. The van der Waals surface area contributed by atoms with Gasteiger partial charge in [-0.1, -0.05) is 18.2 Å². The van der Waals surface area contributed by atoms with Crippen LogP contribution in [0, 0.1) is 0 Å². The fourth-order valence-electron chi connectivity index (χ4n) is 3.77. The molecule has 9 heteroatoms. The highest BCUT2D eigenvalue weighted by Crippen LogP contribution is 2.36. The number of alkyl halides is 3. The molecule has 4 rings (SSSR count). The molecule has 1 fully saturated rings. The number of nitrogens with zero attached hydrogens (tertiary/aromatic N) is 3. The molecule has 0 unspecified atom stereocenters. The van der Waals surface area contributed by atoms with Gasteiger partial charge in [0.25, 0.3) is 0 Å². The summed E-state index contributed by atoms with van der Waals surface area (Å²) in [5.74, 6) is 0.562. The van der Waals surface area contributed by atoms with Crippen molar-refractivity contribution >= 4 is 23.2 Å². The predicted octanol–water partition coefficient (Wildman–Crippen LogP) is 5.49. The standard InChI is InChI=1S/C23H21ClF3N3O2/c1-2-22(31)28-10-9-18(14-28)30-12-11-29(15-30)17-5-8-21(20(24)13-17)32-19-6-3-16(4-7-19)23(25,26)27/h2-8,11-13,18H,1,9-10,14-15H2/t18-/m1/s1. The second-order valence-electron chi connectivity index (χ2n) is 7.59. The van der Waals surface area contributed by atoms with E-state index in [1.165, 1.54) is 18.2 Å². The average molecular weight is 464 g/mol. The van der Waals surface area contributed by atoms with Crippen molar-refractivity contribution in [3.05, 3.63) is 78.1 Å². The van der Waals surface area contributed by atoms with Crippen molar-refractivity contribution in [1.29, 1.82) is 0 Å². The van der Waals surface area contributed by atoms with Crippen LogP contribution in [0.25, 0.3) is 0 Å². The predicted molar refractivity (Wildman–Crippen MR) is 116 cm³/mol. The summed E-state index contributed by atoms with van der Waals surface area (Å²) in [5.41, 5.74) is 0.112. The zero-order chi connectivity index (χ0) is 22.9. The van der Waals surface area contributed by atoms with Gasteiger partial charge in [-0.25, -0.2) is 0 Å². The number of benzene rings is 2. The van der Waals surface area contributed by atoms with Crippen LogP contribution < -0.4 is 9.64 Å². The number of hydrogen-bond donors (Lipinski definition) is 0. The second-order valence-corrected chi connectivity index (χ2v) is 8.00. The van der Waals surface area contributed by atoms with Gasteiger partial charge in [-0.2, -0.15) is 13.2 Å². The summed E-state index contributed by atoms with van der Waals surface area (Å²) in [4.78, 5) is 17.8. The number of halogens is 4. The number of ether oxygens (including phenoxy) is 1. The Labute approximate surface area is 188 Å². The molecule has 1 saturated heterocycles. The fourth-order valence-corrected chi connectivity index (χ4v) is 3.99. The molecule has 1 atom stereocenters. The van der Waals surface area contributed by atoms with Gasteiger partial charge >= 0.3 is 6.18 Å². The molecule has 0 radical (unpaired) electrons. The van der Waals surface area contributed by atoms with Gasteiger partial charge in [-0.05, 0) is 55.0 Å². The van der Waals surface area contributed by atoms with Gasteiger partial charge < -0.3 is 19.4 Å². The summed E-state index contributed by atoms with van der Waals surface area (Å²) in [7, 11) is 0. The number of carbonyl (C=O) groups excluding carboxylic acids is 1. The first-order valence-corrected chi connectivity index (χ1v) is 10.4. The Bertz CT molecular complexity index is 1040. The first-order chi connectivity index (χ1) is 15.2. The average Bonchev–Trinajstić information content (AvgIpc) is 3.44. The molecule has 0 spiro atoms. The largest absolute Gasteiger partial charge is 0.456 e. The molecule has 2 aliphatic heterocycles. The van der Waals surface area contributed by atoms with Gasteiger partial charge in [0.1, 0.15) is 11.5 Å². The summed E-state index contributed by atoms with van der Waals surface area (Å²) in [5, 5.41) is 0.345. The van der Waals surface area contributed by atoms with E-state index in [1.807, 2.05) is 23.4 Å². The fraction of sp³-hybridized carbons (Fsp3) is 0.261. The van der Waals surface area contributed by atoms with E-state index in [-0.39, 0.29) is 17.7 Å². The zero-order valence-corrected chi connectivity index (χ0v) is 17.8. The molecule has 2 aliphatic rings. The first-order valence-electron chi connectivity index (χ1n) is 10.0. The molecular weight excluding hydrogens is 443 g/mol. The smallest absolute Gasteiger partial charge is 0.416 e. The lowest BCUT2D eigenvalue weighted by molar-refractivity contribution is -0.137. The van der Waals surface area contributed by atoms with Crippen LogP contribution in [0.5, 0.6) is 11.5 Å². The van der Waals surface area contributed by atoms with Crippen LogP contribution >= 0.6 is 11.6 Å². The zero-order valence-electron chi connectivity index (χ0n) is 17.1. The minimum atomic E-state index is -4.40. The number of rotatable bonds is 5. The minimum Gasteiger partial charge on any atom is -0.456 e. The van der Waals surface area contributed by atoms with E-state index in [0.29, 0.717) is 30.5 Å². The highest BCUT2D eigenvalue weighted by atomic mass is 35.5. The minimum absolute atomic E-state index is 0.0528. The lowest BCUT2D eigenvalue weighted by Crippen LogP contribution is -2.37. The van der Waals surface area contributed by atoms with Gasteiger partial charge in [0, 0.05) is 37.2 Å². The quantitative estimate of drug-likeness (QED) is 0.549. The molecule has 0 aliphatic carbocycles. The molecule has 0 saturated carbocycles. The number of likely N-dealkylation sites (tertiary alicyclic amines) is 1. The third-order valence-electron chi connectivity index (χ3n) is 5.53. The van der Waals surface area contributed by atoms with Crippen molar-refractivity contribution in [2.45, 2.75) is 18.6 Å². The molecule has 0 N–H and O–H groups in total. The van der Waals surface area contributed by atoms with Crippen molar-refractivity contribution in [2.24, 2.45) is 0 Å². The Morgan fingerprint density at radius 1 is 1.16 bits per heavy atom. The van der Waals surface area contributed by atoms with Crippen molar-refractivity contribution in [3.63, 3.8) is 0 Å². The van der Waals surface area contributed by atoms with Gasteiger partial charge in [-0.15, -0.1) is 0 Å². The van der Waals surface area contributed by atoms with Crippen LogP contribution in [-0.4, -0.2) is 41.5 Å². The summed E-state index contributed by atoms with van der Waals surface area (Å²) >= 11 is 6.37. The number of anilines is 1. The van der Waals surface area contributed by atoms with Gasteiger partial charge in [0.05, 0.1) is 17.3 Å². The highest BCUT2D eigenvalue weighted by molar-refractivity contribution is 6.32. The maximum Gasteiger partial charge on any atom is 0.416 e. The van der Waals surface area contributed by atoms with Gasteiger partial charge in [0.15, 0.2) is 0 Å². The van der Waals surface area contributed by atoms with Crippen molar-refractivity contribution < 1.29 is 22.7 Å². The van der Waals surface area contributed by atoms with Crippen molar-refractivity contribution in [3.8, 4) is 11.5 Å². The number of amides is 1. The van der Waals surface area contributed by atoms with Crippen LogP contribution in [0.2, 0.25) is 5.02 Å². The molecule has 5 nitrogen and oxygen atoms in total. The van der Waals surface area contributed by atoms with E-state index in [4.69, 9.17) is 16.3 Å². The highest BCUT2D eigenvalue weighted by Gasteiger charge is 2.31. The number of hydrogen-bond acceptors (Lipinski definition) is 4. The van der Waals surface area contributed by atoms with Crippen LogP contribution in [0.4, 0.5) is 18.9 Å². The lowest BCUT2D eigenvalue weighted by atomic mass is 10.2. The normalized spacial score (nSPS) is 18.4. The van der Waals surface area contributed by atoms with Crippen LogP contribution in [0.1, 0.15) is 12.0 Å². The second kappa shape index (κ2) is 8.78. The summed E-state index contributed by atoms with van der Waals surface area (Å²) in [6.45, 7) is 5.53. The third-order valence-corrected chi connectivity index (χ3v) is 5.82. The Hall–Kier alpha value is -3.13. The molecule has 2 aromatic carbocycles. The molecule has 2 aromatic rings. The summed E-state index contributed by atoms with van der Waals surface area (Å²) in [6.07, 6.45) is 1.77. The van der Waals surface area contributed by atoms with E-state index in [0.717, 1.165) is 24.2 Å². The van der Waals surface area contributed by atoms with Crippen molar-refractivity contribution in [1.82, 2.24) is 9.80 Å². The Kier molecular flexibility index (Phi) is 6.06. The molecule has 0 aromatic heterocycles. The Morgan fingerprint density at radius 2 is 1.91 bits per heavy atom. The first kappa shape index (κ1) is 22.1. The molecular formula is C23H21ClF3N3O2. The molecule has 2 heterocycles. The lowest BCUT2D eigenvalue weighted by Gasteiger charge is -2.27. The van der Waals surface area contributed by atoms with E-state index >= 15 is 0 Å². The SMILES string of the molecule is C=CC(=O)N1CC[C@@H](N2C=CN(c3ccc(Oc4ccc(C(F)(F)F)cc4)c(Cl)c3)C2)C1. The molecule has 168 valence electrons. The van der Waals surface area contributed by atoms with Gasteiger partial charge in [-0.3, -0.25) is 4.79 Å².